The summed E-state index contributed by atoms with van der Waals surface area (Å²) in [6.07, 6.45) is 2.02. The van der Waals surface area contributed by atoms with Crippen LogP contribution in [0, 0.1) is 5.92 Å². The molecule has 2 atom stereocenters. The zero-order chi connectivity index (χ0) is 7.56. The molecule has 1 amide bonds. The maximum Gasteiger partial charge on any atom is 0.222 e. The first-order valence-electron chi connectivity index (χ1n) is 3.74. The van der Waals surface area contributed by atoms with Crippen LogP contribution in [0.2, 0.25) is 0 Å². The third-order valence-electron chi connectivity index (χ3n) is 2.13. The lowest BCUT2D eigenvalue weighted by Gasteiger charge is -2.27. The highest BCUT2D eigenvalue weighted by Crippen LogP contribution is 2.14. The average Bonchev–Trinajstić information content (AvgIpc) is 1.88. The molecule has 1 rings (SSSR count). The van der Waals surface area contributed by atoms with Crippen LogP contribution in [-0.2, 0) is 4.79 Å². The molecule has 2 unspecified atom stereocenters. The molecule has 1 heterocycles. The van der Waals surface area contributed by atoms with E-state index in [2.05, 4.69) is 5.32 Å². The third kappa shape index (κ3) is 1.48. The lowest BCUT2D eigenvalue weighted by atomic mass is 9.92. The van der Waals surface area contributed by atoms with Gasteiger partial charge in [0, 0.05) is 6.04 Å². The summed E-state index contributed by atoms with van der Waals surface area (Å²) >= 11 is 0. The van der Waals surface area contributed by atoms with Gasteiger partial charge in [0.1, 0.15) is 0 Å². The Labute approximate surface area is 61.0 Å². The molecule has 3 nitrogen and oxygen atoms in total. The van der Waals surface area contributed by atoms with E-state index in [1.165, 1.54) is 0 Å². The normalized spacial score (nSPS) is 33.7. The van der Waals surface area contributed by atoms with E-state index < -0.39 is 0 Å². The molecule has 1 aliphatic heterocycles. The lowest BCUT2D eigenvalue weighted by Crippen LogP contribution is -2.44. The predicted molar refractivity (Wildman–Crippen MR) is 39.4 cm³/mol. The third-order valence-corrected chi connectivity index (χ3v) is 2.13. The van der Waals surface area contributed by atoms with Gasteiger partial charge in [-0.2, -0.15) is 0 Å². The Bertz CT molecular complexity index is 136. The van der Waals surface area contributed by atoms with Gasteiger partial charge in [0.05, 0.1) is 5.92 Å². The van der Waals surface area contributed by atoms with Crippen molar-refractivity contribution in [3.05, 3.63) is 0 Å². The molecule has 0 aromatic rings. The number of hydrogen-bond acceptors (Lipinski definition) is 2. The minimum atomic E-state index is -0.167. The SMILES string of the molecule is CC1NCCCC1C(N)=O. The number of nitrogens with one attached hydrogen (secondary N) is 1. The van der Waals surface area contributed by atoms with Gasteiger partial charge >= 0.3 is 0 Å². The van der Waals surface area contributed by atoms with Crippen molar-refractivity contribution in [2.75, 3.05) is 6.54 Å². The monoisotopic (exact) mass is 142 g/mol. The fourth-order valence-electron chi connectivity index (χ4n) is 1.43. The van der Waals surface area contributed by atoms with Crippen LogP contribution >= 0.6 is 0 Å². The van der Waals surface area contributed by atoms with Crippen LogP contribution in [0.5, 0.6) is 0 Å². The number of amides is 1. The molecule has 0 spiro atoms. The smallest absolute Gasteiger partial charge is 0.222 e. The van der Waals surface area contributed by atoms with Gasteiger partial charge < -0.3 is 11.1 Å². The van der Waals surface area contributed by atoms with Crippen molar-refractivity contribution < 1.29 is 4.79 Å². The highest BCUT2D eigenvalue weighted by Gasteiger charge is 2.24. The number of primary amides is 1. The molecule has 3 heteroatoms. The Morgan fingerprint density at radius 1 is 1.70 bits per heavy atom. The van der Waals surface area contributed by atoms with Gasteiger partial charge in [0.15, 0.2) is 0 Å². The first kappa shape index (κ1) is 7.54. The zero-order valence-electron chi connectivity index (χ0n) is 6.26. The minimum absolute atomic E-state index is 0.0498. The molecule has 0 saturated carbocycles. The van der Waals surface area contributed by atoms with Crippen LogP contribution in [0.25, 0.3) is 0 Å². The summed E-state index contributed by atoms with van der Waals surface area (Å²) in [5, 5.41) is 3.21. The van der Waals surface area contributed by atoms with Gasteiger partial charge in [-0.1, -0.05) is 0 Å². The summed E-state index contributed by atoms with van der Waals surface area (Å²) in [4.78, 5) is 10.7. The van der Waals surface area contributed by atoms with E-state index in [1.54, 1.807) is 0 Å². The van der Waals surface area contributed by atoms with Crippen molar-refractivity contribution in [1.29, 1.82) is 0 Å². The van der Waals surface area contributed by atoms with Crippen molar-refractivity contribution in [2.24, 2.45) is 11.7 Å². The maximum absolute atomic E-state index is 10.7. The number of carbonyl (C=O) groups is 1. The van der Waals surface area contributed by atoms with Crippen LogP contribution < -0.4 is 11.1 Å². The van der Waals surface area contributed by atoms with Crippen LogP contribution in [0.1, 0.15) is 19.8 Å². The van der Waals surface area contributed by atoms with Gasteiger partial charge in [-0.3, -0.25) is 4.79 Å². The molecule has 0 aromatic carbocycles. The molecule has 1 aliphatic rings. The fourth-order valence-corrected chi connectivity index (χ4v) is 1.43. The molecular weight excluding hydrogens is 128 g/mol. The Morgan fingerprint density at radius 2 is 2.40 bits per heavy atom. The van der Waals surface area contributed by atoms with Crippen LogP contribution in [0.3, 0.4) is 0 Å². The zero-order valence-corrected chi connectivity index (χ0v) is 6.26. The molecule has 0 aliphatic carbocycles. The number of carbonyl (C=O) groups excluding carboxylic acids is 1. The van der Waals surface area contributed by atoms with Gasteiger partial charge in [0.2, 0.25) is 5.91 Å². The summed E-state index contributed by atoms with van der Waals surface area (Å²) in [5.41, 5.74) is 5.18. The molecule has 0 radical (unpaired) electrons. The van der Waals surface area contributed by atoms with E-state index in [9.17, 15) is 4.79 Å². The van der Waals surface area contributed by atoms with Crippen LogP contribution in [-0.4, -0.2) is 18.5 Å². The standard InChI is InChI=1S/C7H14N2O/c1-5-6(7(8)10)3-2-4-9-5/h5-6,9H,2-4H2,1H3,(H2,8,10). The molecule has 0 aromatic heterocycles. The molecular formula is C7H14N2O. The number of nitrogens with two attached hydrogens (primary N) is 1. The lowest BCUT2D eigenvalue weighted by molar-refractivity contribution is -0.123. The van der Waals surface area contributed by atoms with Gasteiger partial charge in [-0.25, -0.2) is 0 Å². The second-order valence-electron chi connectivity index (χ2n) is 2.89. The molecule has 1 saturated heterocycles. The predicted octanol–water partition coefficient (Wildman–Crippen LogP) is -0.140. The Balaban J connectivity index is 2.47. The molecule has 3 N–H and O–H groups in total. The maximum atomic E-state index is 10.7. The largest absolute Gasteiger partial charge is 0.369 e. The van der Waals surface area contributed by atoms with E-state index in [-0.39, 0.29) is 17.9 Å². The Kier molecular flexibility index (Phi) is 2.27. The first-order chi connectivity index (χ1) is 4.72. The Hall–Kier alpha value is -0.570. The summed E-state index contributed by atoms with van der Waals surface area (Å²) in [7, 11) is 0. The molecule has 1 fully saturated rings. The van der Waals surface area contributed by atoms with Crippen molar-refractivity contribution in [2.45, 2.75) is 25.8 Å². The highest BCUT2D eigenvalue weighted by atomic mass is 16.1. The second-order valence-corrected chi connectivity index (χ2v) is 2.89. The van der Waals surface area contributed by atoms with Crippen molar-refractivity contribution in [1.82, 2.24) is 5.32 Å². The fraction of sp³-hybridized carbons (Fsp3) is 0.857. The Morgan fingerprint density at radius 3 is 2.80 bits per heavy atom. The summed E-state index contributed by atoms with van der Waals surface area (Å²) in [6.45, 7) is 3.03. The number of hydrogen-bond donors (Lipinski definition) is 2. The summed E-state index contributed by atoms with van der Waals surface area (Å²) in [6, 6.07) is 0.270. The van der Waals surface area contributed by atoms with E-state index in [1.807, 2.05) is 6.92 Å². The van der Waals surface area contributed by atoms with Crippen molar-refractivity contribution >= 4 is 5.91 Å². The molecule has 10 heavy (non-hydrogen) atoms. The topological polar surface area (TPSA) is 55.1 Å². The van der Waals surface area contributed by atoms with E-state index >= 15 is 0 Å². The quantitative estimate of drug-likeness (QED) is 0.535. The number of piperidine rings is 1. The van der Waals surface area contributed by atoms with Gasteiger partial charge in [-0.05, 0) is 26.3 Å². The van der Waals surface area contributed by atoms with Gasteiger partial charge in [-0.15, -0.1) is 0 Å². The average molecular weight is 142 g/mol. The minimum Gasteiger partial charge on any atom is -0.369 e. The van der Waals surface area contributed by atoms with Gasteiger partial charge in [0.25, 0.3) is 0 Å². The van der Waals surface area contributed by atoms with E-state index in [4.69, 9.17) is 5.73 Å². The van der Waals surface area contributed by atoms with Crippen molar-refractivity contribution in [3.8, 4) is 0 Å². The van der Waals surface area contributed by atoms with E-state index in [0.29, 0.717) is 0 Å². The summed E-state index contributed by atoms with van der Waals surface area (Å²) in [5.74, 6) is -0.117. The summed E-state index contributed by atoms with van der Waals surface area (Å²) < 4.78 is 0. The van der Waals surface area contributed by atoms with E-state index in [0.717, 1.165) is 19.4 Å². The number of rotatable bonds is 1. The second kappa shape index (κ2) is 3.01. The molecule has 58 valence electrons. The van der Waals surface area contributed by atoms with Crippen molar-refractivity contribution in [3.63, 3.8) is 0 Å². The molecule has 0 bridgehead atoms. The first-order valence-corrected chi connectivity index (χ1v) is 3.74. The van der Waals surface area contributed by atoms with Crippen LogP contribution in [0.4, 0.5) is 0 Å². The van der Waals surface area contributed by atoms with Crippen LogP contribution in [0.15, 0.2) is 0 Å². The highest BCUT2D eigenvalue weighted by molar-refractivity contribution is 5.77.